The number of benzene rings is 3. The number of hydrogen-bond donors (Lipinski definition) is 1. The smallest absolute Gasteiger partial charge is 0.241 e. The summed E-state index contributed by atoms with van der Waals surface area (Å²) in [5, 5.41) is 7.96. The lowest BCUT2D eigenvalue weighted by atomic mass is 9.95. The third kappa shape index (κ3) is 6.61. The number of amides is 1. The third-order valence-corrected chi connectivity index (χ3v) is 8.21. The van der Waals surface area contributed by atoms with Crippen molar-refractivity contribution in [2.45, 2.75) is 45.4 Å². The van der Waals surface area contributed by atoms with Crippen molar-refractivity contribution >= 4 is 17.5 Å². The molecule has 3 heterocycles. The van der Waals surface area contributed by atoms with Crippen LogP contribution in [0.3, 0.4) is 0 Å². The Morgan fingerprint density at radius 3 is 2.50 bits per heavy atom. The van der Waals surface area contributed by atoms with Crippen molar-refractivity contribution in [3.8, 4) is 11.4 Å². The lowest BCUT2D eigenvalue weighted by Crippen LogP contribution is -2.40. The summed E-state index contributed by atoms with van der Waals surface area (Å²) in [5.74, 6) is 1.31. The number of carbonyl (C=O) groups excluding carboxylic acids is 1. The number of hydrogen-bond acceptors (Lipinski definition) is 6. The molecule has 3 aromatic carbocycles. The second-order valence-corrected chi connectivity index (χ2v) is 11.3. The fourth-order valence-electron chi connectivity index (χ4n) is 5.70. The van der Waals surface area contributed by atoms with Gasteiger partial charge in [-0.2, -0.15) is 4.98 Å². The molecule has 0 aliphatic carbocycles. The number of aromatic nitrogens is 2. The van der Waals surface area contributed by atoms with Crippen LogP contribution in [-0.4, -0.2) is 45.5 Å². The van der Waals surface area contributed by atoms with E-state index in [1.165, 1.54) is 16.7 Å². The van der Waals surface area contributed by atoms with Crippen molar-refractivity contribution in [1.82, 2.24) is 25.3 Å². The number of halogens is 1. The molecular weight excluding hydrogens is 522 g/mol. The lowest BCUT2D eigenvalue weighted by molar-refractivity contribution is -0.126. The predicted molar refractivity (Wildman–Crippen MR) is 155 cm³/mol. The summed E-state index contributed by atoms with van der Waals surface area (Å²) in [5.41, 5.74) is 6.22. The molecule has 0 spiro atoms. The van der Waals surface area contributed by atoms with Gasteiger partial charge in [0.15, 0.2) is 0 Å². The van der Waals surface area contributed by atoms with E-state index in [0.717, 1.165) is 63.1 Å². The van der Waals surface area contributed by atoms with E-state index in [0.29, 0.717) is 29.8 Å². The van der Waals surface area contributed by atoms with Crippen LogP contribution in [-0.2, 0) is 37.4 Å². The Kier molecular flexibility index (Phi) is 8.23. The zero-order chi connectivity index (χ0) is 27.3. The zero-order valence-corrected chi connectivity index (χ0v) is 23.3. The molecule has 1 amide bonds. The van der Waals surface area contributed by atoms with Gasteiger partial charge in [-0.15, -0.1) is 0 Å². The number of fused-ring (bicyclic) bond motifs is 1. The van der Waals surface area contributed by atoms with Crippen LogP contribution in [0, 0.1) is 5.92 Å². The fourth-order valence-corrected chi connectivity index (χ4v) is 5.82. The molecule has 2 aliphatic rings. The second kappa shape index (κ2) is 12.3. The molecule has 2 aliphatic heterocycles. The van der Waals surface area contributed by atoms with Crippen molar-refractivity contribution in [1.29, 1.82) is 0 Å². The summed E-state index contributed by atoms with van der Waals surface area (Å²) in [6.45, 7) is 5.79. The third-order valence-electron chi connectivity index (χ3n) is 7.96. The first-order chi connectivity index (χ1) is 19.6. The van der Waals surface area contributed by atoms with E-state index in [9.17, 15) is 4.79 Å². The Bertz CT molecular complexity index is 1450. The minimum absolute atomic E-state index is 0.0279. The highest BCUT2D eigenvalue weighted by Gasteiger charge is 2.26. The number of nitrogens with zero attached hydrogens (tertiary/aromatic N) is 4. The van der Waals surface area contributed by atoms with Crippen LogP contribution in [0.15, 0.2) is 77.3 Å². The standard InChI is InChI=1S/C32H34ClN5O2/c33-29-10-8-26(9-11-29)31-35-30(40-36-31)22-37-15-13-27(14-16-37)32(39)34-19-23-4-3-5-24(18-23)20-38-17-12-25-6-1-2-7-28(25)21-38/h1-11,18,27H,12-17,19-22H2,(H,34,39). The molecule has 0 saturated carbocycles. The van der Waals surface area contributed by atoms with Crippen molar-refractivity contribution < 1.29 is 9.32 Å². The molecule has 7 nitrogen and oxygen atoms in total. The van der Waals surface area contributed by atoms with Crippen LogP contribution in [0.1, 0.15) is 41.0 Å². The van der Waals surface area contributed by atoms with Crippen molar-refractivity contribution in [2.75, 3.05) is 19.6 Å². The molecule has 0 bridgehead atoms. The number of carbonyl (C=O) groups is 1. The van der Waals surface area contributed by atoms with Crippen LogP contribution in [0.5, 0.6) is 0 Å². The Morgan fingerprint density at radius 2 is 1.68 bits per heavy atom. The Balaban J connectivity index is 0.949. The molecule has 1 aromatic heterocycles. The van der Waals surface area contributed by atoms with Gasteiger partial charge < -0.3 is 9.84 Å². The van der Waals surface area contributed by atoms with Crippen LogP contribution >= 0.6 is 11.6 Å². The van der Waals surface area contributed by atoms with E-state index in [1.54, 1.807) is 0 Å². The van der Waals surface area contributed by atoms with Gasteiger partial charge >= 0.3 is 0 Å². The van der Waals surface area contributed by atoms with E-state index in [2.05, 4.69) is 73.8 Å². The molecule has 1 fully saturated rings. The first-order valence-corrected chi connectivity index (χ1v) is 14.4. The summed E-state index contributed by atoms with van der Waals surface area (Å²) in [4.78, 5) is 22.3. The average Bonchev–Trinajstić information content (AvgIpc) is 3.45. The van der Waals surface area contributed by atoms with Crippen LogP contribution in [0.4, 0.5) is 0 Å². The van der Waals surface area contributed by atoms with Crippen molar-refractivity contribution in [3.05, 3.63) is 106 Å². The summed E-state index contributed by atoms with van der Waals surface area (Å²) in [6.07, 6.45) is 2.74. The maximum absolute atomic E-state index is 13.0. The normalized spacial score (nSPS) is 16.5. The molecule has 1 saturated heterocycles. The van der Waals surface area contributed by atoms with Gasteiger partial charge in [-0.1, -0.05) is 65.3 Å². The van der Waals surface area contributed by atoms with Gasteiger partial charge in [-0.05, 0) is 78.9 Å². The van der Waals surface area contributed by atoms with Gasteiger partial charge in [0.05, 0.1) is 6.54 Å². The molecule has 40 heavy (non-hydrogen) atoms. The molecule has 0 atom stereocenters. The molecule has 8 heteroatoms. The average molecular weight is 556 g/mol. The molecule has 4 aromatic rings. The van der Waals surface area contributed by atoms with E-state index in [1.807, 2.05) is 24.3 Å². The summed E-state index contributed by atoms with van der Waals surface area (Å²) in [6, 6.07) is 24.7. The number of nitrogens with one attached hydrogen (secondary N) is 1. The second-order valence-electron chi connectivity index (χ2n) is 10.8. The van der Waals surface area contributed by atoms with E-state index >= 15 is 0 Å². The highest BCUT2D eigenvalue weighted by molar-refractivity contribution is 6.30. The first-order valence-electron chi connectivity index (χ1n) is 14.0. The molecule has 0 radical (unpaired) electrons. The minimum Gasteiger partial charge on any atom is -0.352 e. The highest BCUT2D eigenvalue weighted by Crippen LogP contribution is 2.23. The topological polar surface area (TPSA) is 74.5 Å². The Hall–Kier alpha value is -3.52. The molecular formula is C32H34ClN5O2. The molecule has 0 unspecified atom stereocenters. The van der Waals surface area contributed by atoms with Gasteiger partial charge in [-0.25, -0.2) is 0 Å². The molecule has 206 valence electrons. The number of rotatable bonds is 8. The maximum atomic E-state index is 13.0. The van der Waals surface area contributed by atoms with Crippen molar-refractivity contribution in [2.24, 2.45) is 5.92 Å². The largest absolute Gasteiger partial charge is 0.352 e. The van der Waals surface area contributed by atoms with Crippen molar-refractivity contribution in [3.63, 3.8) is 0 Å². The molecule has 1 N–H and O–H groups in total. The summed E-state index contributed by atoms with van der Waals surface area (Å²) >= 11 is 5.97. The monoisotopic (exact) mass is 555 g/mol. The fraction of sp³-hybridized carbons (Fsp3) is 0.344. The van der Waals surface area contributed by atoms with Crippen LogP contribution in [0.2, 0.25) is 5.02 Å². The summed E-state index contributed by atoms with van der Waals surface area (Å²) in [7, 11) is 0. The number of piperidine rings is 1. The summed E-state index contributed by atoms with van der Waals surface area (Å²) < 4.78 is 5.47. The van der Waals surface area contributed by atoms with Gasteiger partial charge in [0.2, 0.25) is 17.6 Å². The Morgan fingerprint density at radius 1 is 0.900 bits per heavy atom. The maximum Gasteiger partial charge on any atom is 0.241 e. The highest BCUT2D eigenvalue weighted by atomic mass is 35.5. The Labute approximate surface area is 240 Å². The van der Waals surface area contributed by atoms with Gasteiger partial charge in [0.25, 0.3) is 0 Å². The van der Waals surface area contributed by atoms with E-state index < -0.39 is 0 Å². The van der Waals surface area contributed by atoms with Crippen LogP contribution in [0.25, 0.3) is 11.4 Å². The minimum atomic E-state index is 0.0279. The van der Waals surface area contributed by atoms with E-state index in [-0.39, 0.29) is 11.8 Å². The van der Waals surface area contributed by atoms with Gasteiger partial charge in [0.1, 0.15) is 0 Å². The van der Waals surface area contributed by atoms with Gasteiger partial charge in [-0.3, -0.25) is 14.6 Å². The lowest BCUT2D eigenvalue weighted by Gasteiger charge is -2.30. The predicted octanol–water partition coefficient (Wildman–Crippen LogP) is 5.48. The quantitative estimate of drug-likeness (QED) is 0.310. The van der Waals surface area contributed by atoms with Gasteiger partial charge in [0, 0.05) is 42.7 Å². The van der Waals surface area contributed by atoms with E-state index in [4.69, 9.17) is 16.1 Å². The first kappa shape index (κ1) is 26.7. The van der Waals surface area contributed by atoms with Crippen LogP contribution < -0.4 is 5.32 Å². The number of likely N-dealkylation sites (tertiary alicyclic amines) is 1. The SMILES string of the molecule is O=C(NCc1cccc(CN2CCc3ccccc3C2)c1)C1CCN(Cc2nc(-c3ccc(Cl)cc3)no2)CC1. The molecule has 6 rings (SSSR count). The zero-order valence-electron chi connectivity index (χ0n) is 22.6.